The molecule has 2 heterocycles. The van der Waals surface area contributed by atoms with Crippen molar-refractivity contribution < 1.29 is 5.11 Å². The maximum atomic E-state index is 9.49. The number of rotatable bonds is 7. The fourth-order valence-corrected chi connectivity index (χ4v) is 4.38. The van der Waals surface area contributed by atoms with E-state index in [0.717, 1.165) is 45.1 Å². The summed E-state index contributed by atoms with van der Waals surface area (Å²) in [5, 5.41) is 13.9. The lowest BCUT2D eigenvalue weighted by molar-refractivity contribution is 0.0400. The van der Waals surface area contributed by atoms with E-state index < -0.39 is 0 Å². The van der Waals surface area contributed by atoms with Gasteiger partial charge in [-0.15, -0.1) is 0 Å². The summed E-state index contributed by atoms with van der Waals surface area (Å²) < 4.78 is 2.00. The topological polar surface area (TPSA) is 44.5 Å². The van der Waals surface area contributed by atoms with Gasteiger partial charge in [-0.2, -0.15) is 5.10 Å². The van der Waals surface area contributed by atoms with Gasteiger partial charge in [-0.1, -0.05) is 19.3 Å². The predicted molar refractivity (Wildman–Crippen MR) is 96.8 cm³/mol. The van der Waals surface area contributed by atoms with E-state index in [1.165, 1.54) is 44.2 Å². The Bertz CT molecular complexity index is 483. The third-order valence-corrected chi connectivity index (χ3v) is 5.79. The van der Waals surface area contributed by atoms with E-state index in [1.54, 1.807) is 0 Å². The summed E-state index contributed by atoms with van der Waals surface area (Å²) in [6.45, 7) is 8.93. The molecule has 5 heteroatoms. The minimum Gasteiger partial charge on any atom is -0.396 e. The molecule has 1 aromatic heterocycles. The molecular weight excluding hydrogens is 300 g/mol. The Hall–Kier alpha value is -0.910. The molecule has 1 aliphatic heterocycles. The lowest BCUT2D eigenvalue weighted by Crippen LogP contribution is -2.54. The monoisotopic (exact) mass is 334 g/mol. The lowest BCUT2D eigenvalue weighted by Gasteiger charge is -2.43. The number of aliphatic hydroxyl groups excluding tert-OH is 1. The van der Waals surface area contributed by atoms with E-state index in [0.29, 0.717) is 12.6 Å². The molecule has 1 N–H and O–H groups in total. The van der Waals surface area contributed by atoms with Gasteiger partial charge in [-0.05, 0) is 32.1 Å². The van der Waals surface area contributed by atoms with Crippen LogP contribution in [-0.4, -0.2) is 63.5 Å². The van der Waals surface area contributed by atoms with Gasteiger partial charge in [0.2, 0.25) is 0 Å². The molecule has 3 rings (SSSR count). The van der Waals surface area contributed by atoms with Gasteiger partial charge in [0.05, 0.1) is 6.20 Å². The largest absolute Gasteiger partial charge is 0.396 e. The second kappa shape index (κ2) is 8.97. The average molecular weight is 335 g/mol. The molecule has 1 aliphatic carbocycles. The van der Waals surface area contributed by atoms with E-state index in [1.807, 2.05) is 10.9 Å². The van der Waals surface area contributed by atoms with Crippen LogP contribution < -0.4 is 0 Å². The Kier molecular flexibility index (Phi) is 6.69. The fourth-order valence-electron chi connectivity index (χ4n) is 4.38. The minimum atomic E-state index is 0.299. The number of nitrogens with zero attached hydrogens (tertiary/aromatic N) is 4. The van der Waals surface area contributed by atoms with Gasteiger partial charge < -0.3 is 5.11 Å². The quantitative estimate of drug-likeness (QED) is 0.831. The molecule has 0 spiro atoms. The van der Waals surface area contributed by atoms with Crippen LogP contribution >= 0.6 is 0 Å². The molecular formula is C19H34N4O. The Morgan fingerprint density at radius 1 is 1.21 bits per heavy atom. The predicted octanol–water partition coefficient (Wildman–Crippen LogP) is 2.35. The number of piperazine rings is 1. The molecule has 136 valence electrons. The lowest BCUT2D eigenvalue weighted by atomic mass is 9.88. The zero-order valence-corrected chi connectivity index (χ0v) is 15.2. The molecule has 1 atom stereocenters. The summed E-state index contributed by atoms with van der Waals surface area (Å²) in [6.07, 6.45) is 12.1. The highest BCUT2D eigenvalue weighted by molar-refractivity contribution is 5.04. The van der Waals surface area contributed by atoms with Gasteiger partial charge in [0.25, 0.3) is 0 Å². The standard InChI is InChI=1S/C19H34N4O/c1-2-23-15-18(12-20-23)13-21-9-10-22(19(16-21)8-11-24)14-17-6-4-3-5-7-17/h12,15,17,19,24H,2-11,13-14,16H2,1H3/t19-/m0/s1. The summed E-state index contributed by atoms with van der Waals surface area (Å²) in [5.74, 6) is 0.884. The molecule has 2 fully saturated rings. The van der Waals surface area contributed by atoms with Crippen molar-refractivity contribution in [2.75, 3.05) is 32.8 Å². The number of aryl methyl sites for hydroxylation is 1. The minimum absolute atomic E-state index is 0.299. The van der Waals surface area contributed by atoms with Gasteiger partial charge in [0, 0.05) is 63.7 Å². The maximum absolute atomic E-state index is 9.49. The highest BCUT2D eigenvalue weighted by Crippen LogP contribution is 2.26. The maximum Gasteiger partial charge on any atom is 0.0534 e. The summed E-state index contributed by atoms with van der Waals surface area (Å²) in [7, 11) is 0. The first-order valence-electron chi connectivity index (χ1n) is 9.87. The van der Waals surface area contributed by atoms with Crippen molar-refractivity contribution in [1.82, 2.24) is 19.6 Å². The first-order valence-corrected chi connectivity index (χ1v) is 9.87. The Labute approximate surface area is 146 Å². The molecule has 0 unspecified atom stereocenters. The molecule has 0 bridgehead atoms. The van der Waals surface area contributed by atoms with Crippen LogP contribution in [0.2, 0.25) is 0 Å². The molecule has 2 aliphatic rings. The van der Waals surface area contributed by atoms with Crippen LogP contribution in [0.4, 0.5) is 0 Å². The van der Waals surface area contributed by atoms with Crippen molar-refractivity contribution in [2.24, 2.45) is 5.92 Å². The molecule has 24 heavy (non-hydrogen) atoms. The van der Waals surface area contributed by atoms with Gasteiger partial charge in [-0.3, -0.25) is 14.5 Å². The van der Waals surface area contributed by atoms with Gasteiger partial charge >= 0.3 is 0 Å². The van der Waals surface area contributed by atoms with Crippen LogP contribution in [0.1, 0.15) is 51.0 Å². The SMILES string of the molecule is CCn1cc(CN2CCN(CC3CCCCC3)[C@@H](CCO)C2)cn1. The van der Waals surface area contributed by atoms with Gasteiger partial charge in [-0.25, -0.2) is 0 Å². The summed E-state index contributed by atoms with van der Waals surface area (Å²) >= 11 is 0. The number of aliphatic hydroxyl groups is 1. The van der Waals surface area contributed by atoms with Crippen LogP contribution in [0.5, 0.6) is 0 Å². The molecule has 1 saturated carbocycles. The summed E-state index contributed by atoms with van der Waals surface area (Å²) in [4.78, 5) is 5.20. The molecule has 0 amide bonds. The summed E-state index contributed by atoms with van der Waals surface area (Å²) in [5.41, 5.74) is 1.31. The highest BCUT2D eigenvalue weighted by atomic mass is 16.3. The average Bonchev–Trinajstić information content (AvgIpc) is 3.06. The van der Waals surface area contributed by atoms with Crippen LogP contribution in [0, 0.1) is 5.92 Å². The van der Waals surface area contributed by atoms with E-state index in [9.17, 15) is 5.11 Å². The zero-order chi connectivity index (χ0) is 16.8. The normalized spacial score (nSPS) is 24.5. The van der Waals surface area contributed by atoms with Crippen molar-refractivity contribution in [3.63, 3.8) is 0 Å². The van der Waals surface area contributed by atoms with Crippen molar-refractivity contribution in [2.45, 2.75) is 64.6 Å². The van der Waals surface area contributed by atoms with Crippen LogP contribution in [0.25, 0.3) is 0 Å². The Morgan fingerprint density at radius 2 is 2.04 bits per heavy atom. The number of hydrogen-bond donors (Lipinski definition) is 1. The van der Waals surface area contributed by atoms with E-state index in [4.69, 9.17) is 0 Å². The van der Waals surface area contributed by atoms with Crippen molar-refractivity contribution in [3.8, 4) is 0 Å². The fraction of sp³-hybridized carbons (Fsp3) is 0.842. The third kappa shape index (κ3) is 4.80. The Balaban J connectivity index is 1.53. The molecule has 1 saturated heterocycles. The van der Waals surface area contributed by atoms with Crippen LogP contribution in [0.15, 0.2) is 12.4 Å². The second-order valence-electron chi connectivity index (χ2n) is 7.60. The number of hydrogen-bond acceptors (Lipinski definition) is 4. The third-order valence-electron chi connectivity index (χ3n) is 5.79. The first kappa shape index (κ1) is 17.9. The van der Waals surface area contributed by atoms with Crippen molar-refractivity contribution >= 4 is 0 Å². The van der Waals surface area contributed by atoms with E-state index >= 15 is 0 Å². The molecule has 1 aromatic rings. The van der Waals surface area contributed by atoms with Gasteiger partial charge in [0.1, 0.15) is 0 Å². The highest BCUT2D eigenvalue weighted by Gasteiger charge is 2.29. The number of aromatic nitrogens is 2. The Morgan fingerprint density at radius 3 is 2.75 bits per heavy atom. The van der Waals surface area contributed by atoms with Crippen molar-refractivity contribution in [1.29, 1.82) is 0 Å². The van der Waals surface area contributed by atoms with Crippen LogP contribution in [0.3, 0.4) is 0 Å². The van der Waals surface area contributed by atoms with Crippen molar-refractivity contribution in [3.05, 3.63) is 18.0 Å². The smallest absolute Gasteiger partial charge is 0.0534 e. The zero-order valence-electron chi connectivity index (χ0n) is 15.2. The van der Waals surface area contributed by atoms with E-state index in [-0.39, 0.29) is 0 Å². The van der Waals surface area contributed by atoms with Gasteiger partial charge in [0.15, 0.2) is 0 Å². The first-order chi connectivity index (χ1) is 11.8. The van der Waals surface area contributed by atoms with E-state index in [2.05, 4.69) is 28.0 Å². The van der Waals surface area contributed by atoms with Crippen LogP contribution in [-0.2, 0) is 13.1 Å². The molecule has 0 aromatic carbocycles. The molecule has 0 radical (unpaired) electrons. The second-order valence-corrected chi connectivity index (χ2v) is 7.60. The molecule has 5 nitrogen and oxygen atoms in total. The summed E-state index contributed by atoms with van der Waals surface area (Å²) in [6, 6.07) is 0.506.